The van der Waals surface area contributed by atoms with Gasteiger partial charge in [0.25, 0.3) is 5.06 Å². The molecule has 1 fully saturated rings. The minimum Gasteiger partial charge on any atom is -0.466 e. The van der Waals surface area contributed by atoms with Crippen LogP contribution in [-0.2, 0) is 14.3 Å². The predicted octanol–water partition coefficient (Wildman–Crippen LogP) is 0.513. The van der Waals surface area contributed by atoms with Gasteiger partial charge in [-0.3, -0.25) is 0 Å². The average molecular weight is 151 g/mol. The number of hydrogen-bond acceptors (Lipinski definition) is 3. The van der Waals surface area contributed by atoms with Crippen LogP contribution in [0.4, 0.5) is 0 Å². The van der Waals surface area contributed by atoms with Gasteiger partial charge in [0.05, 0.1) is 7.11 Å². The number of hydrogen-bond donors (Lipinski definition) is 0. The molecule has 0 aromatic rings. The summed E-state index contributed by atoms with van der Waals surface area (Å²) in [6, 6.07) is 0. The van der Waals surface area contributed by atoms with Crippen molar-refractivity contribution in [2.45, 2.75) is 18.1 Å². The van der Waals surface area contributed by atoms with Crippen LogP contribution in [0.25, 0.3) is 0 Å². The van der Waals surface area contributed by atoms with Crippen molar-refractivity contribution < 1.29 is 14.3 Å². The molecule has 0 radical (unpaired) electrons. The van der Waals surface area contributed by atoms with Crippen LogP contribution < -0.4 is 0 Å². The molecule has 0 saturated carbocycles. The lowest BCUT2D eigenvalue weighted by atomic mass is 10.3. The molecule has 0 aromatic carbocycles. The molecule has 1 heterocycles. The summed E-state index contributed by atoms with van der Waals surface area (Å²) in [6.07, 6.45) is -0.216. The summed E-state index contributed by atoms with van der Waals surface area (Å²) in [5.41, 5.74) is 0. The first-order chi connectivity index (χ1) is 4.11. The fraction of sp³-hybridized carbons (Fsp3) is 0.800. The molecule has 1 aliphatic rings. The van der Waals surface area contributed by atoms with Gasteiger partial charge in [-0.25, -0.2) is 4.79 Å². The molecule has 3 nitrogen and oxygen atoms in total. The van der Waals surface area contributed by atoms with Crippen LogP contribution in [0.1, 0.15) is 6.92 Å². The van der Waals surface area contributed by atoms with E-state index in [0.717, 1.165) is 0 Å². The Labute approximate surface area is 57.9 Å². The standard InChI is InChI=1S/C5H7ClO3/c1-3-5(6,9-3)4(7)8-2/h3H,1-2H3. The van der Waals surface area contributed by atoms with Gasteiger partial charge in [0.2, 0.25) is 0 Å². The van der Waals surface area contributed by atoms with Crippen molar-refractivity contribution in [1.82, 2.24) is 0 Å². The Morgan fingerprint density at radius 3 is 2.44 bits per heavy atom. The smallest absolute Gasteiger partial charge is 0.356 e. The molecule has 0 spiro atoms. The van der Waals surface area contributed by atoms with Gasteiger partial charge in [-0.2, -0.15) is 0 Å². The molecular formula is C5H7ClO3. The number of ether oxygens (including phenoxy) is 2. The van der Waals surface area contributed by atoms with E-state index in [1.807, 2.05) is 0 Å². The number of alkyl halides is 1. The molecule has 2 unspecified atom stereocenters. The van der Waals surface area contributed by atoms with E-state index in [9.17, 15) is 4.79 Å². The Hall–Kier alpha value is -0.280. The van der Waals surface area contributed by atoms with Crippen molar-refractivity contribution in [1.29, 1.82) is 0 Å². The summed E-state index contributed by atoms with van der Waals surface area (Å²) in [5.74, 6) is -0.517. The van der Waals surface area contributed by atoms with Gasteiger partial charge in [0.1, 0.15) is 6.10 Å². The van der Waals surface area contributed by atoms with Crippen LogP contribution in [0.5, 0.6) is 0 Å². The van der Waals surface area contributed by atoms with Gasteiger partial charge in [-0.05, 0) is 6.92 Å². The third-order valence-corrected chi connectivity index (χ3v) is 1.83. The van der Waals surface area contributed by atoms with E-state index in [4.69, 9.17) is 16.3 Å². The maximum atomic E-state index is 10.6. The Morgan fingerprint density at radius 2 is 2.33 bits per heavy atom. The topological polar surface area (TPSA) is 38.8 Å². The van der Waals surface area contributed by atoms with Crippen molar-refractivity contribution in [2.75, 3.05) is 7.11 Å². The lowest BCUT2D eigenvalue weighted by Crippen LogP contribution is -2.20. The molecule has 1 rings (SSSR count). The summed E-state index contributed by atoms with van der Waals surface area (Å²) in [7, 11) is 1.28. The molecular weight excluding hydrogens is 144 g/mol. The second-order valence-electron chi connectivity index (χ2n) is 1.90. The minimum absolute atomic E-state index is 0.216. The quantitative estimate of drug-likeness (QED) is 0.311. The first-order valence-electron chi connectivity index (χ1n) is 2.56. The van der Waals surface area contributed by atoms with E-state index in [1.165, 1.54) is 7.11 Å². The molecule has 52 valence electrons. The fourth-order valence-corrected chi connectivity index (χ4v) is 0.787. The van der Waals surface area contributed by atoms with E-state index in [1.54, 1.807) is 6.92 Å². The molecule has 1 saturated heterocycles. The zero-order valence-electron chi connectivity index (χ0n) is 5.18. The summed E-state index contributed by atoms with van der Waals surface area (Å²) < 4.78 is 9.10. The van der Waals surface area contributed by atoms with Gasteiger partial charge >= 0.3 is 5.97 Å². The third-order valence-electron chi connectivity index (χ3n) is 1.28. The highest BCUT2D eigenvalue weighted by atomic mass is 35.5. The van der Waals surface area contributed by atoms with E-state index < -0.39 is 11.0 Å². The SMILES string of the molecule is COC(=O)C1(Cl)OC1C. The number of methoxy groups -OCH3 is 1. The molecule has 0 bridgehead atoms. The number of rotatable bonds is 1. The first kappa shape index (κ1) is 6.83. The molecule has 0 aliphatic carbocycles. The van der Waals surface area contributed by atoms with E-state index >= 15 is 0 Å². The average Bonchev–Trinajstić information content (AvgIpc) is 2.41. The zero-order valence-corrected chi connectivity index (χ0v) is 5.94. The molecule has 0 aromatic heterocycles. The summed E-state index contributed by atoms with van der Waals surface area (Å²) >= 11 is 5.55. The van der Waals surface area contributed by atoms with Crippen LogP contribution in [0.2, 0.25) is 0 Å². The number of carbonyl (C=O) groups excluding carboxylic acids is 1. The van der Waals surface area contributed by atoms with Crippen molar-refractivity contribution in [3.63, 3.8) is 0 Å². The largest absolute Gasteiger partial charge is 0.466 e. The van der Waals surface area contributed by atoms with Crippen LogP contribution in [0.15, 0.2) is 0 Å². The Kier molecular flexibility index (Phi) is 1.41. The van der Waals surface area contributed by atoms with Crippen molar-refractivity contribution in [3.8, 4) is 0 Å². The highest BCUT2D eigenvalue weighted by molar-refractivity contribution is 6.35. The number of carbonyl (C=O) groups is 1. The van der Waals surface area contributed by atoms with Crippen LogP contribution in [0, 0.1) is 0 Å². The van der Waals surface area contributed by atoms with Crippen molar-refractivity contribution in [2.24, 2.45) is 0 Å². The Balaban J connectivity index is 2.53. The Bertz CT molecular complexity index is 147. The lowest BCUT2D eigenvalue weighted by molar-refractivity contribution is -0.143. The van der Waals surface area contributed by atoms with Gasteiger partial charge in [0, 0.05) is 0 Å². The monoisotopic (exact) mass is 150 g/mol. The van der Waals surface area contributed by atoms with Gasteiger partial charge in [-0.15, -0.1) is 0 Å². The zero-order chi connectivity index (χ0) is 7.07. The molecule has 1 aliphatic heterocycles. The number of halogens is 1. The molecule has 2 atom stereocenters. The van der Waals surface area contributed by atoms with E-state index in [0.29, 0.717) is 0 Å². The maximum absolute atomic E-state index is 10.6. The normalized spacial score (nSPS) is 40.1. The van der Waals surface area contributed by atoms with Crippen molar-refractivity contribution in [3.05, 3.63) is 0 Å². The lowest BCUT2D eigenvalue weighted by Gasteiger charge is -1.97. The highest BCUT2D eigenvalue weighted by Gasteiger charge is 2.60. The van der Waals surface area contributed by atoms with Crippen LogP contribution in [-0.4, -0.2) is 24.2 Å². The molecule has 9 heavy (non-hydrogen) atoms. The van der Waals surface area contributed by atoms with Gasteiger partial charge in [0.15, 0.2) is 0 Å². The van der Waals surface area contributed by atoms with Crippen LogP contribution >= 0.6 is 11.6 Å². The Morgan fingerprint density at radius 1 is 1.89 bits per heavy atom. The maximum Gasteiger partial charge on any atom is 0.356 e. The van der Waals surface area contributed by atoms with Crippen molar-refractivity contribution >= 4 is 17.6 Å². The van der Waals surface area contributed by atoms with Gasteiger partial charge < -0.3 is 9.47 Å². The second-order valence-corrected chi connectivity index (χ2v) is 2.46. The summed E-state index contributed by atoms with van der Waals surface area (Å²) in [4.78, 5) is 10.6. The fourth-order valence-electron chi connectivity index (χ4n) is 0.576. The van der Waals surface area contributed by atoms with E-state index in [2.05, 4.69) is 4.74 Å². The number of esters is 1. The number of epoxide rings is 1. The molecule has 0 amide bonds. The predicted molar refractivity (Wildman–Crippen MR) is 31.1 cm³/mol. The van der Waals surface area contributed by atoms with E-state index in [-0.39, 0.29) is 6.10 Å². The van der Waals surface area contributed by atoms with Crippen LogP contribution in [0.3, 0.4) is 0 Å². The minimum atomic E-state index is -1.17. The summed E-state index contributed by atoms with van der Waals surface area (Å²) in [5, 5.41) is -1.17. The molecule has 4 heteroatoms. The first-order valence-corrected chi connectivity index (χ1v) is 2.94. The summed E-state index contributed by atoms with van der Waals surface area (Å²) in [6.45, 7) is 1.71. The van der Waals surface area contributed by atoms with Gasteiger partial charge in [-0.1, -0.05) is 11.6 Å². The molecule has 0 N–H and O–H groups in total. The third kappa shape index (κ3) is 0.904. The second kappa shape index (κ2) is 1.85. The highest BCUT2D eigenvalue weighted by Crippen LogP contribution is 2.41.